The molecule has 0 spiro atoms. The second kappa shape index (κ2) is 8.77. The number of hydrogen-bond donors (Lipinski definition) is 1. The van der Waals surface area contributed by atoms with E-state index in [-0.39, 0.29) is 16.8 Å². The van der Waals surface area contributed by atoms with E-state index >= 15 is 0 Å². The zero-order valence-electron chi connectivity index (χ0n) is 13.6. The van der Waals surface area contributed by atoms with E-state index in [4.69, 9.17) is 4.74 Å². The summed E-state index contributed by atoms with van der Waals surface area (Å²) in [6.07, 6.45) is 1.68. The third-order valence-electron chi connectivity index (χ3n) is 3.23. The Hall–Kier alpha value is -3.20. The zero-order chi connectivity index (χ0) is 19.1. The van der Waals surface area contributed by atoms with Gasteiger partial charge in [-0.2, -0.15) is 0 Å². The van der Waals surface area contributed by atoms with E-state index in [1.807, 2.05) is 0 Å². The maximum atomic E-state index is 12.0. The van der Waals surface area contributed by atoms with Gasteiger partial charge in [0.1, 0.15) is 0 Å². The Labute approximate surface area is 152 Å². The Bertz CT molecular complexity index is 854. The number of amides is 2. The van der Waals surface area contributed by atoms with Gasteiger partial charge in [-0.25, -0.2) is 4.79 Å². The summed E-state index contributed by atoms with van der Waals surface area (Å²) in [7, 11) is 0. The molecule has 2 rings (SSSR count). The number of nitro benzene ring substituents is 1. The number of hydrogen-bond acceptors (Lipinski definition) is 7. The van der Waals surface area contributed by atoms with Gasteiger partial charge in [-0.1, -0.05) is 18.2 Å². The lowest BCUT2D eigenvalue weighted by molar-refractivity contribution is -0.387. The summed E-state index contributed by atoms with van der Waals surface area (Å²) in [5, 5.41) is 13.1. The van der Waals surface area contributed by atoms with Crippen molar-refractivity contribution in [1.82, 2.24) is 5.32 Å². The minimum absolute atomic E-state index is 0.0586. The maximum Gasteiger partial charge on any atom is 0.338 e. The summed E-state index contributed by atoms with van der Waals surface area (Å²) in [5.41, 5.74) is 0.00259. The maximum absolute atomic E-state index is 12.0. The Morgan fingerprint density at radius 2 is 1.81 bits per heavy atom. The quantitative estimate of drug-likeness (QED) is 0.357. The van der Waals surface area contributed by atoms with E-state index < -0.39 is 29.3 Å². The summed E-state index contributed by atoms with van der Waals surface area (Å²) in [4.78, 5) is 46.3. The van der Waals surface area contributed by atoms with Gasteiger partial charge >= 0.3 is 5.97 Å². The van der Waals surface area contributed by atoms with Crippen LogP contribution >= 0.6 is 11.8 Å². The van der Waals surface area contributed by atoms with Gasteiger partial charge in [-0.3, -0.25) is 25.0 Å². The van der Waals surface area contributed by atoms with Gasteiger partial charge in [0.15, 0.2) is 6.61 Å². The molecule has 0 aromatic heterocycles. The smallest absolute Gasteiger partial charge is 0.338 e. The molecule has 9 heteroatoms. The molecule has 0 unspecified atom stereocenters. The average molecular weight is 374 g/mol. The number of thioether (sulfide) groups is 1. The van der Waals surface area contributed by atoms with Crippen LogP contribution < -0.4 is 5.32 Å². The lowest BCUT2D eigenvalue weighted by Gasteiger charge is -2.07. The second-order valence-corrected chi connectivity index (χ2v) is 5.81. The number of nitro groups is 1. The second-order valence-electron chi connectivity index (χ2n) is 4.96. The van der Waals surface area contributed by atoms with Crippen LogP contribution in [-0.4, -0.2) is 35.6 Å². The fourth-order valence-electron chi connectivity index (χ4n) is 2.00. The van der Waals surface area contributed by atoms with Crippen molar-refractivity contribution in [2.45, 2.75) is 4.90 Å². The van der Waals surface area contributed by atoms with Crippen LogP contribution in [0.15, 0.2) is 53.4 Å². The molecule has 0 saturated heterocycles. The highest BCUT2D eigenvalue weighted by molar-refractivity contribution is 7.98. The molecule has 2 aromatic rings. The Morgan fingerprint density at radius 1 is 1.12 bits per heavy atom. The predicted octanol–water partition coefficient (Wildman–Crippen LogP) is 2.43. The molecule has 8 nitrogen and oxygen atoms in total. The van der Waals surface area contributed by atoms with Crippen LogP contribution in [0.3, 0.4) is 0 Å². The predicted molar refractivity (Wildman–Crippen MR) is 94.1 cm³/mol. The van der Waals surface area contributed by atoms with E-state index in [9.17, 15) is 24.5 Å². The van der Waals surface area contributed by atoms with Crippen molar-refractivity contribution < 1.29 is 24.0 Å². The fraction of sp³-hybridized carbons (Fsp3) is 0.118. The summed E-state index contributed by atoms with van der Waals surface area (Å²) < 4.78 is 4.80. The normalized spacial score (nSPS) is 10.0. The third-order valence-corrected chi connectivity index (χ3v) is 4.02. The molecule has 134 valence electrons. The van der Waals surface area contributed by atoms with Crippen LogP contribution in [0.25, 0.3) is 0 Å². The Kier molecular flexibility index (Phi) is 6.45. The van der Waals surface area contributed by atoms with Gasteiger partial charge in [-0.05, 0) is 30.5 Å². The van der Waals surface area contributed by atoms with Gasteiger partial charge in [0.05, 0.1) is 15.4 Å². The number of imide groups is 1. The van der Waals surface area contributed by atoms with Crippen LogP contribution in [-0.2, 0) is 9.53 Å². The summed E-state index contributed by atoms with van der Waals surface area (Å²) in [6.45, 7) is -0.685. The minimum Gasteiger partial charge on any atom is -0.452 e. The van der Waals surface area contributed by atoms with Gasteiger partial charge in [0.2, 0.25) is 0 Å². The number of esters is 1. The highest BCUT2D eigenvalue weighted by atomic mass is 32.2. The Morgan fingerprint density at radius 3 is 2.42 bits per heavy atom. The monoisotopic (exact) mass is 374 g/mol. The largest absolute Gasteiger partial charge is 0.452 e. The van der Waals surface area contributed by atoms with Gasteiger partial charge in [-0.15, -0.1) is 11.8 Å². The molecule has 0 aliphatic carbocycles. The van der Waals surface area contributed by atoms with Gasteiger partial charge in [0, 0.05) is 11.6 Å². The van der Waals surface area contributed by atoms with Gasteiger partial charge < -0.3 is 4.74 Å². The van der Waals surface area contributed by atoms with Crippen LogP contribution in [0, 0.1) is 10.1 Å². The zero-order valence-corrected chi connectivity index (χ0v) is 14.4. The van der Waals surface area contributed by atoms with Crippen molar-refractivity contribution in [1.29, 1.82) is 0 Å². The molecule has 0 aliphatic rings. The van der Waals surface area contributed by atoms with Crippen molar-refractivity contribution >= 4 is 35.2 Å². The molecule has 0 saturated carbocycles. The van der Waals surface area contributed by atoms with Crippen LogP contribution in [0.5, 0.6) is 0 Å². The molecule has 0 radical (unpaired) electrons. The molecule has 0 bridgehead atoms. The molecule has 0 fully saturated rings. The first kappa shape index (κ1) is 19.1. The Balaban J connectivity index is 1.96. The van der Waals surface area contributed by atoms with Crippen molar-refractivity contribution in [3.8, 4) is 0 Å². The molecular formula is C17H14N2O6S. The highest BCUT2D eigenvalue weighted by Gasteiger charge is 2.19. The lowest BCUT2D eigenvalue weighted by Crippen LogP contribution is -2.34. The van der Waals surface area contributed by atoms with E-state index in [2.05, 4.69) is 5.32 Å². The number of carbonyl (C=O) groups excluding carboxylic acids is 3. The minimum atomic E-state index is -0.900. The van der Waals surface area contributed by atoms with E-state index in [0.717, 1.165) is 6.07 Å². The van der Waals surface area contributed by atoms with E-state index in [1.54, 1.807) is 24.5 Å². The van der Waals surface area contributed by atoms with E-state index in [0.29, 0.717) is 4.90 Å². The molecule has 26 heavy (non-hydrogen) atoms. The number of carbonyl (C=O) groups is 3. The van der Waals surface area contributed by atoms with Crippen LogP contribution in [0.1, 0.15) is 20.7 Å². The fourth-order valence-corrected chi connectivity index (χ4v) is 2.55. The number of benzene rings is 2. The van der Waals surface area contributed by atoms with Crippen molar-refractivity contribution in [2.24, 2.45) is 0 Å². The summed E-state index contributed by atoms with van der Waals surface area (Å²) >= 11 is 1.17. The van der Waals surface area contributed by atoms with E-state index in [1.165, 1.54) is 36.0 Å². The standard InChI is InChI=1S/C17H14N2O6S/c1-26-14-8-7-12(9-13(14)19(23)24)17(22)25-10-15(20)18-16(21)11-5-3-2-4-6-11/h2-9H,10H2,1H3,(H,18,20,21). The van der Waals surface area contributed by atoms with Crippen LogP contribution in [0.2, 0.25) is 0 Å². The molecule has 1 N–H and O–H groups in total. The third kappa shape index (κ3) is 4.90. The topological polar surface area (TPSA) is 116 Å². The average Bonchev–Trinajstić information content (AvgIpc) is 2.66. The molecule has 0 heterocycles. The summed E-state index contributed by atoms with van der Waals surface area (Å²) in [5.74, 6) is -2.32. The number of ether oxygens (including phenoxy) is 1. The lowest BCUT2D eigenvalue weighted by atomic mass is 10.2. The molecule has 2 amide bonds. The number of nitrogens with zero attached hydrogens (tertiary/aromatic N) is 1. The van der Waals surface area contributed by atoms with Crippen LogP contribution in [0.4, 0.5) is 5.69 Å². The molecule has 0 aliphatic heterocycles. The summed E-state index contributed by atoms with van der Waals surface area (Å²) in [6, 6.07) is 12.0. The van der Waals surface area contributed by atoms with Crippen molar-refractivity contribution in [2.75, 3.05) is 12.9 Å². The number of rotatable bonds is 6. The molecule has 0 atom stereocenters. The SMILES string of the molecule is CSc1ccc(C(=O)OCC(=O)NC(=O)c2ccccc2)cc1[N+](=O)[O-]. The number of nitrogens with one attached hydrogen (secondary N) is 1. The van der Waals surface area contributed by atoms with Gasteiger partial charge in [0.25, 0.3) is 17.5 Å². The highest BCUT2D eigenvalue weighted by Crippen LogP contribution is 2.28. The van der Waals surface area contributed by atoms with Crippen molar-refractivity contribution in [3.63, 3.8) is 0 Å². The molecule has 2 aromatic carbocycles. The first-order chi connectivity index (χ1) is 12.4. The first-order valence-corrected chi connectivity index (χ1v) is 8.53. The molecular weight excluding hydrogens is 360 g/mol. The van der Waals surface area contributed by atoms with Crippen molar-refractivity contribution in [3.05, 3.63) is 69.8 Å². The first-order valence-electron chi connectivity index (χ1n) is 7.31.